The summed E-state index contributed by atoms with van der Waals surface area (Å²) < 4.78 is 11.7. The van der Waals surface area contributed by atoms with Crippen LogP contribution < -0.4 is 25.4 Å². The van der Waals surface area contributed by atoms with E-state index in [0.29, 0.717) is 34.0 Å². The van der Waals surface area contributed by atoms with Gasteiger partial charge in [-0.1, -0.05) is 72.8 Å². The molecule has 0 heterocycles. The van der Waals surface area contributed by atoms with Crippen molar-refractivity contribution in [2.45, 2.75) is 10.1 Å². The van der Waals surface area contributed by atoms with Crippen molar-refractivity contribution in [1.82, 2.24) is 5.32 Å². The molecule has 0 aliphatic heterocycles. The lowest BCUT2D eigenvalue weighted by Gasteiger charge is -2.18. The van der Waals surface area contributed by atoms with E-state index in [1.54, 1.807) is 60.7 Å². The number of carbonyl (C=O) groups is 3. The van der Waals surface area contributed by atoms with Crippen molar-refractivity contribution in [1.29, 1.82) is 0 Å². The van der Waals surface area contributed by atoms with E-state index in [1.807, 2.05) is 66.7 Å². The minimum Gasteiger partial charge on any atom is -0.493 e. The molecule has 5 rings (SSSR count). The predicted molar refractivity (Wildman–Crippen MR) is 194 cm³/mol. The van der Waals surface area contributed by atoms with E-state index in [0.717, 1.165) is 14.9 Å². The van der Waals surface area contributed by atoms with Gasteiger partial charge in [0.2, 0.25) is 5.91 Å². The number of thioether (sulfide) groups is 1. The highest BCUT2D eigenvalue weighted by molar-refractivity contribution is 9.10. The van der Waals surface area contributed by atoms with E-state index in [1.165, 1.54) is 32.1 Å². The normalized spacial score (nSPS) is 11.6. The number of rotatable bonds is 12. The Bertz CT molecular complexity index is 1920. The molecule has 1 unspecified atom stereocenters. The Labute approximate surface area is 291 Å². The number of ether oxygens (including phenoxy) is 2. The molecule has 0 saturated heterocycles. The van der Waals surface area contributed by atoms with Gasteiger partial charge in [-0.25, -0.2) is 0 Å². The SMILES string of the molecule is COc1cccc(/C=C(\NC(=O)c2ccccc2)C(=O)Nc2ccc(SC(C(=O)Nc3ccccc3Br)c3ccccc3)cc2)c1OC. The van der Waals surface area contributed by atoms with E-state index >= 15 is 0 Å². The van der Waals surface area contributed by atoms with Crippen molar-refractivity contribution in [3.8, 4) is 11.5 Å². The lowest BCUT2D eigenvalue weighted by atomic mass is 10.1. The third kappa shape index (κ3) is 8.72. The van der Waals surface area contributed by atoms with E-state index in [-0.39, 0.29) is 11.6 Å². The maximum absolute atomic E-state index is 13.6. The highest BCUT2D eigenvalue weighted by Crippen LogP contribution is 2.37. The number of hydrogen-bond donors (Lipinski definition) is 3. The van der Waals surface area contributed by atoms with Crippen LogP contribution in [0, 0.1) is 0 Å². The summed E-state index contributed by atoms with van der Waals surface area (Å²) in [5, 5.41) is 8.09. The van der Waals surface area contributed by atoms with Crippen LogP contribution in [0.3, 0.4) is 0 Å². The molecule has 0 radical (unpaired) electrons. The largest absolute Gasteiger partial charge is 0.493 e. The number of hydrogen-bond acceptors (Lipinski definition) is 6. The molecule has 0 aromatic heterocycles. The van der Waals surface area contributed by atoms with Gasteiger partial charge in [0.25, 0.3) is 11.8 Å². The van der Waals surface area contributed by atoms with E-state index < -0.39 is 17.1 Å². The second-order valence-corrected chi connectivity index (χ2v) is 12.3. The number of halogens is 1. The van der Waals surface area contributed by atoms with Crippen LogP contribution in [0.4, 0.5) is 11.4 Å². The Kier molecular flexibility index (Phi) is 11.7. The summed E-state index contributed by atoms with van der Waals surface area (Å²) in [6.45, 7) is 0. The molecule has 0 fully saturated rings. The quantitative estimate of drug-likeness (QED) is 0.0884. The lowest BCUT2D eigenvalue weighted by Crippen LogP contribution is -2.30. The van der Waals surface area contributed by atoms with Gasteiger partial charge in [0.1, 0.15) is 10.9 Å². The number of para-hydroxylation sites is 2. The number of methoxy groups -OCH3 is 2. The first kappa shape index (κ1) is 34.0. The van der Waals surface area contributed by atoms with E-state index in [9.17, 15) is 14.4 Å². The smallest absolute Gasteiger partial charge is 0.272 e. The van der Waals surface area contributed by atoms with Gasteiger partial charge in [0.15, 0.2) is 11.5 Å². The average Bonchev–Trinajstić information content (AvgIpc) is 3.12. The van der Waals surface area contributed by atoms with Crippen LogP contribution in [0.15, 0.2) is 142 Å². The zero-order valence-electron chi connectivity index (χ0n) is 26.1. The predicted octanol–water partition coefficient (Wildman–Crippen LogP) is 8.35. The van der Waals surface area contributed by atoms with Crippen LogP contribution in [0.1, 0.15) is 26.7 Å². The van der Waals surface area contributed by atoms with E-state index in [4.69, 9.17) is 9.47 Å². The second-order valence-electron chi connectivity index (χ2n) is 10.3. The van der Waals surface area contributed by atoms with Gasteiger partial charge in [0, 0.05) is 26.2 Å². The zero-order valence-corrected chi connectivity index (χ0v) is 28.5. The molecule has 3 amide bonds. The summed E-state index contributed by atoms with van der Waals surface area (Å²) in [7, 11) is 3.03. The average molecular weight is 723 g/mol. The minimum atomic E-state index is -0.542. The summed E-state index contributed by atoms with van der Waals surface area (Å²) in [6, 6.07) is 38.0. The fourth-order valence-electron chi connectivity index (χ4n) is 4.74. The summed E-state index contributed by atoms with van der Waals surface area (Å²) in [5.74, 6) is -0.269. The molecular weight excluding hydrogens is 690 g/mol. The molecule has 5 aromatic rings. The third-order valence-corrected chi connectivity index (χ3v) is 9.06. The number of benzene rings is 5. The maximum Gasteiger partial charge on any atom is 0.272 e. The topological polar surface area (TPSA) is 106 Å². The minimum absolute atomic E-state index is 0.00161. The molecule has 48 heavy (non-hydrogen) atoms. The molecule has 1 atom stereocenters. The van der Waals surface area contributed by atoms with Gasteiger partial charge < -0.3 is 25.4 Å². The molecule has 0 aliphatic carbocycles. The lowest BCUT2D eigenvalue weighted by molar-refractivity contribution is -0.116. The molecular formula is C38H32BrN3O5S. The Morgan fingerprint density at radius 1 is 0.729 bits per heavy atom. The standard InChI is InChI=1S/C38H32BrN3O5S/c1-46-33-19-11-16-27(34(33)47-2)24-32(42-36(43)26-14-7-4-8-15-26)37(44)40-28-20-22-29(23-21-28)48-35(25-12-5-3-6-13-25)38(45)41-31-18-10-9-17-30(31)39/h3-24,35H,1-2H3,(H,40,44)(H,41,45)(H,42,43)/b32-24-. The molecule has 8 nitrogen and oxygen atoms in total. The molecule has 0 bridgehead atoms. The van der Waals surface area contributed by atoms with Gasteiger partial charge in [-0.05, 0) is 82.2 Å². The Morgan fingerprint density at radius 3 is 2.06 bits per heavy atom. The first-order valence-corrected chi connectivity index (χ1v) is 16.5. The van der Waals surface area contributed by atoms with Gasteiger partial charge in [0.05, 0.1) is 19.9 Å². The van der Waals surface area contributed by atoms with Crippen molar-refractivity contribution in [2.75, 3.05) is 24.9 Å². The molecule has 0 aliphatic rings. The monoisotopic (exact) mass is 721 g/mol. The van der Waals surface area contributed by atoms with Gasteiger partial charge in [-0.3, -0.25) is 14.4 Å². The molecule has 0 spiro atoms. The van der Waals surface area contributed by atoms with Crippen molar-refractivity contribution >= 4 is 62.9 Å². The van der Waals surface area contributed by atoms with Crippen LogP contribution in [-0.4, -0.2) is 31.9 Å². The summed E-state index contributed by atoms with van der Waals surface area (Å²) in [5.41, 5.74) is 2.96. The Balaban J connectivity index is 1.37. The van der Waals surface area contributed by atoms with Crippen LogP contribution in [0.5, 0.6) is 11.5 Å². The third-order valence-electron chi connectivity index (χ3n) is 7.10. The van der Waals surface area contributed by atoms with Gasteiger partial charge in [-0.2, -0.15) is 0 Å². The van der Waals surface area contributed by atoms with Crippen molar-refractivity contribution < 1.29 is 23.9 Å². The first-order chi connectivity index (χ1) is 23.4. The zero-order chi connectivity index (χ0) is 33.9. The fourth-order valence-corrected chi connectivity index (χ4v) is 6.15. The van der Waals surface area contributed by atoms with Crippen molar-refractivity contribution in [3.05, 3.63) is 154 Å². The number of nitrogens with one attached hydrogen (secondary N) is 3. The second kappa shape index (κ2) is 16.5. The molecule has 10 heteroatoms. The van der Waals surface area contributed by atoms with Crippen LogP contribution in [0.2, 0.25) is 0 Å². The molecule has 0 saturated carbocycles. The first-order valence-electron chi connectivity index (χ1n) is 14.8. The number of amides is 3. The van der Waals surface area contributed by atoms with Crippen LogP contribution in [-0.2, 0) is 9.59 Å². The van der Waals surface area contributed by atoms with Crippen LogP contribution in [0.25, 0.3) is 6.08 Å². The van der Waals surface area contributed by atoms with Crippen molar-refractivity contribution in [3.63, 3.8) is 0 Å². The Morgan fingerprint density at radius 2 is 1.40 bits per heavy atom. The summed E-state index contributed by atoms with van der Waals surface area (Å²) in [6.07, 6.45) is 1.54. The summed E-state index contributed by atoms with van der Waals surface area (Å²) in [4.78, 5) is 41.1. The van der Waals surface area contributed by atoms with Gasteiger partial charge >= 0.3 is 0 Å². The van der Waals surface area contributed by atoms with Crippen LogP contribution >= 0.6 is 27.7 Å². The highest BCUT2D eigenvalue weighted by Gasteiger charge is 2.23. The number of anilines is 2. The highest BCUT2D eigenvalue weighted by atomic mass is 79.9. The van der Waals surface area contributed by atoms with Crippen molar-refractivity contribution in [2.24, 2.45) is 0 Å². The Hall–Kier alpha value is -5.32. The molecule has 242 valence electrons. The number of carbonyl (C=O) groups excluding carboxylic acids is 3. The molecule has 3 N–H and O–H groups in total. The maximum atomic E-state index is 13.6. The molecule has 5 aromatic carbocycles. The fraction of sp³-hybridized carbons (Fsp3) is 0.0789. The summed E-state index contributed by atoms with van der Waals surface area (Å²) >= 11 is 4.89. The van der Waals surface area contributed by atoms with Gasteiger partial charge in [-0.15, -0.1) is 11.8 Å². The van der Waals surface area contributed by atoms with E-state index in [2.05, 4.69) is 31.9 Å².